The van der Waals surface area contributed by atoms with E-state index in [-0.39, 0.29) is 5.75 Å². The van der Waals surface area contributed by atoms with Crippen molar-refractivity contribution in [3.63, 3.8) is 0 Å². The van der Waals surface area contributed by atoms with Gasteiger partial charge in [-0.1, -0.05) is 23.2 Å². The Bertz CT molecular complexity index is 481. The summed E-state index contributed by atoms with van der Waals surface area (Å²) in [5.74, 6) is 0.139. The molecule has 1 aromatic rings. The number of nitrogens with one attached hydrogen (secondary N) is 1. The maximum Gasteiger partial charge on any atom is 0.138 e. The van der Waals surface area contributed by atoms with Gasteiger partial charge in [-0.25, -0.2) is 0 Å². The molecule has 104 valence electrons. The molecule has 2 unspecified atom stereocenters. The second-order valence-electron chi connectivity index (χ2n) is 5.42. The number of hydrogen-bond donors (Lipinski definition) is 2. The van der Waals surface area contributed by atoms with E-state index in [1.807, 2.05) is 0 Å². The van der Waals surface area contributed by atoms with Crippen LogP contribution >= 0.6 is 23.2 Å². The zero-order valence-electron chi connectivity index (χ0n) is 10.7. The van der Waals surface area contributed by atoms with Crippen LogP contribution in [-0.2, 0) is 6.54 Å². The molecule has 19 heavy (non-hydrogen) atoms. The van der Waals surface area contributed by atoms with Crippen molar-refractivity contribution >= 4 is 23.2 Å². The molecule has 0 aromatic heterocycles. The van der Waals surface area contributed by atoms with Crippen LogP contribution < -0.4 is 5.32 Å². The monoisotopic (exact) mass is 300 g/mol. The number of aromatic hydroxyl groups is 1. The molecule has 3 nitrogen and oxygen atoms in total. The molecular formula is C14H18Cl2N2O. The fourth-order valence-electron chi connectivity index (χ4n) is 3.32. The SMILES string of the molecule is Oc1c(Cl)cc(Cl)cc1CNC1CCN2CCCC12. The molecule has 2 atom stereocenters. The second-order valence-corrected chi connectivity index (χ2v) is 6.26. The van der Waals surface area contributed by atoms with Crippen LogP contribution in [-0.4, -0.2) is 35.2 Å². The molecule has 0 spiro atoms. The molecule has 5 heteroatoms. The van der Waals surface area contributed by atoms with Crippen LogP contribution in [0.2, 0.25) is 10.0 Å². The van der Waals surface area contributed by atoms with Crippen LogP contribution in [0.3, 0.4) is 0 Å². The first kappa shape index (κ1) is 13.5. The second kappa shape index (κ2) is 5.49. The van der Waals surface area contributed by atoms with Crippen molar-refractivity contribution in [2.75, 3.05) is 13.1 Å². The molecule has 2 aliphatic heterocycles. The molecule has 1 aromatic carbocycles. The number of phenols is 1. The van der Waals surface area contributed by atoms with Gasteiger partial charge in [0.15, 0.2) is 0 Å². The van der Waals surface area contributed by atoms with Gasteiger partial charge >= 0.3 is 0 Å². The molecule has 3 rings (SSSR count). The molecule has 2 heterocycles. The smallest absolute Gasteiger partial charge is 0.138 e. The molecule has 0 amide bonds. The summed E-state index contributed by atoms with van der Waals surface area (Å²) in [5, 5.41) is 14.4. The summed E-state index contributed by atoms with van der Waals surface area (Å²) < 4.78 is 0. The molecular weight excluding hydrogens is 283 g/mol. The Kier molecular flexibility index (Phi) is 3.90. The third-order valence-corrected chi connectivity index (χ3v) is 4.77. The molecule has 2 N–H and O–H groups in total. The lowest BCUT2D eigenvalue weighted by Gasteiger charge is -2.21. The van der Waals surface area contributed by atoms with Gasteiger partial charge in [-0.15, -0.1) is 0 Å². The van der Waals surface area contributed by atoms with E-state index in [0.717, 1.165) is 5.56 Å². The summed E-state index contributed by atoms with van der Waals surface area (Å²) in [5.41, 5.74) is 0.772. The molecule has 0 saturated carbocycles. The highest BCUT2D eigenvalue weighted by molar-refractivity contribution is 6.35. The first-order chi connectivity index (χ1) is 9.15. The summed E-state index contributed by atoms with van der Waals surface area (Å²) in [6.45, 7) is 3.03. The van der Waals surface area contributed by atoms with Gasteiger partial charge < -0.3 is 10.4 Å². The zero-order valence-corrected chi connectivity index (χ0v) is 12.2. The summed E-state index contributed by atoms with van der Waals surface area (Å²) in [6, 6.07) is 4.52. The van der Waals surface area contributed by atoms with Crippen LogP contribution in [0.5, 0.6) is 5.75 Å². The Morgan fingerprint density at radius 1 is 1.26 bits per heavy atom. The number of fused-ring (bicyclic) bond motifs is 1. The number of rotatable bonds is 3. The van der Waals surface area contributed by atoms with Gasteiger partial charge in [-0.3, -0.25) is 4.90 Å². The van der Waals surface area contributed by atoms with Crippen LogP contribution in [0, 0.1) is 0 Å². The van der Waals surface area contributed by atoms with Crippen molar-refractivity contribution in [1.29, 1.82) is 0 Å². The summed E-state index contributed by atoms with van der Waals surface area (Å²) >= 11 is 11.9. The normalized spacial score (nSPS) is 26.8. The van der Waals surface area contributed by atoms with Gasteiger partial charge in [-0.05, 0) is 37.9 Å². The third kappa shape index (κ3) is 2.70. The van der Waals surface area contributed by atoms with Crippen LogP contribution in [0.25, 0.3) is 0 Å². The van der Waals surface area contributed by atoms with E-state index < -0.39 is 0 Å². The minimum absolute atomic E-state index is 0.139. The predicted molar refractivity (Wildman–Crippen MR) is 78.0 cm³/mol. The lowest BCUT2D eigenvalue weighted by atomic mass is 10.1. The first-order valence-electron chi connectivity index (χ1n) is 6.79. The van der Waals surface area contributed by atoms with Gasteiger partial charge in [-0.2, -0.15) is 0 Å². The zero-order chi connectivity index (χ0) is 13.4. The first-order valence-corrected chi connectivity index (χ1v) is 7.55. The molecule has 2 aliphatic rings. The maximum atomic E-state index is 9.94. The van der Waals surface area contributed by atoms with Crippen molar-refractivity contribution in [3.8, 4) is 5.75 Å². The number of phenolic OH excluding ortho intramolecular Hbond substituents is 1. The van der Waals surface area contributed by atoms with E-state index in [1.165, 1.54) is 32.4 Å². The fraction of sp³-hybridized carbons (Fsp3) is 0.571. The molecule has 2 fully saturated rings. The van der Waals surface area contributed by atoms with E-state index in [2.05, 4.69) is 10.2 Å². The molecule has 2 saturated heterocycles. The maximum absolute atomic E-state index is 9.94. The van der Waals surface area contributed by atoms with Gasteiger partial charge in [0.25, 0.3) is 0 Å². The lowest BCUT2D eigenvalue weighted by Crippen LogP contribution is -2.38. The topological polar surface area (TPSA) is 35.5 Å². The van der Waals surface area contributed by atoms with Gasteiger partial charge in [0, 0.05) is 35.8 Å². The Labute approximate surface area is 123 Å². The van der Waals surface area contributed by atoms with Crippen molar-refractivity contribution in [3.05, 3.63) is 27.7 Å². The van der Waals surface area contributed by atoms with Crippen molar-refractivity contribution in [2.24, 2.45) is 0 Å². The number of halogens is 2. The standard InChI is InChI=1S/C14H18Cl2N2O/c15-10-6-9(14(19)11(16)7-10)8-17-12-3-5-18-4-1-2-13(12)18/h6-7,12-13,17,19H,1-5,8H2. The minimum Gasteiger partial charge on any atom is -0.506 e. The van der Waals surface area contributed by atoms with E-state index in [0.29, 0.717) is 28.7 Å². The Hall–Kier alpha value is -0.480. The van der Waals surface area contributed by atoms with E-state index >= 15 is 0 Å². The molecule has 0 bridgehead atoms. The van der Waals surface area contributed by atoms with Gasteiger partial charge in [0.05, 0.1) is 5.02 Å². The Morgan fingerprint density at radius 2 is 2.11 bits per heavy atom. The van der Waals surface area contributed by atoms with Crippen molar-refractivity contribution in [2.45, 2.75) is 37.9 Å². The number of benzene rings is 1. The fourth-order valence-corrected chi connectivity index (χ4v) is 3.85. The molecule has 0 aliphatic carbocycles. The summed E-state index contributed by atoms with van der Waals surface area (Å²) in [4.78, 5) is 2.56. The highest BCUT2D eigenvalue weighted by Gasteiger charge is 2.36. The predicted octanol–water partition coefficient (Wildman–Crippen LogP) is 3.03. The van der Waals surface area contributed by atoms with Crippen molar-refractivity contribution in [1.82, 2.24) is 10.2 Å². The summed E-state index contributed by atoms with van der Waals surface area (Å²) in [6.07, 6.45) is 3.76. The highest BCUT2D eigenvalue weighted by Crippen LogP contribution is 2.32. The quantitative estimate of drug-likeness (QED) is 0.901. The van der Waals surface area contributed by atoms with Crippen LogP contribution in [0.1, 0.15) is 24.8 Å². The third-order valence-electron chi connectivity index (χ3n) is 4.27. The number of nitrogens with zero attached hydrogens (tertiary/aromatic N) is 1. The highest BCUT2D eigenvalue weighted by atomic mass is 35.5. The average molecular weight is 301 g/mol. The van der Waals surface area contributed by atoms with Crippen molar-refractivity contribution < 1.29 is 5.11 Å². The average Bonchev–Trinajstić information content (AvgIpc) is 2.95. The van der Waals surface area contributed by atoms with Crippen LogP contribution in [0.15, 0.2) is 12.1 Å². The van der Waals surface area contributed by atoms with Gasteiger partial charge in [0.2, 0.25) is 0 Å². The Morgan fingerprint density at radius 3 is 2.95 bits per heavy atom. The number of hydrogen-bond acceptors (Lipinski definition) is 3. The molecule has 0 radical (unpaired) electrons. The minimum atomic E-state index is 0.139. The van der Waals surface area contributed by atoms with E-state index in [1.54, 1.807) is 12.1 Å². The summed E-state index contributed by atoms with van der Waals surface area (Å²) in [7, 11) is 0. The van der Waals surface area contributed by atoms with E-state index in [9.17, 15) is 5.11 Å². The van der Waals surface area contributed by atoms with Crippen LogP contribution in [0.4, 0.5) is 0 Å². The lowest BCUT2D eigenvalue weighted by molar-refractivity contribution is 0.298. The largest absolute Gasteiger partial charge is 0.506 e. The van der Waals surface area contributed by atoms with Gasteiger partial charge in [0.1, 0.15) is 5.75 Å². The van der Waals surface area contributed by atoms with E-state index in [4.69, 9.17) is 23.2 Å². The Balaban J connectivity index is 1.66.